The molecule has 7 heteroatoms. The quantitative estimate of drug-likeness (QED) is 0.862. The second kappa shape index (κ2) is 5.70. The summed E-state index contributed by atoms with van der Waals surface area (Å²) in [5.74, 6) is 0.536. The molecule has 96 valence electrons. The molecular weight excluding hydrogens is 310 g/mol. The van der Waals surface area contributed by atoms with E-state index in [1.54, 1.807) is 18.2 Å². The highest BCUT2D eigenvalue weighted by molar-refractivity contribution is 9.10. The van der Waals surface area contributed by atoms with Gasteiger partial charge >= 0.3 is 0 Å². The van der Waals surface area contributed by atoms with E-state index < -0.39 is 21.9 Å². The summed E-state index contributed by atoms with van der Waals surface area (Å²) >= 11 is 3.25. The van der Waals surface area contributed by atoms with Crippen LogP contribution in [0.3, 0.4) is 0 Å². The molecule has 0 spiro atoms. The van der Waals surface area contributed by atoms with Crippen LogP contribution in [0.4, 0.5) is 5.69 Å². The highest BCUT2D eigenvalue weighted by Crippen LogP contribution is 2.25. The van der Waals surface area contributed by atoms with E-state index >= 15 is 0 Å². The summed E-state index contributed by atoms with van der Waals surface area (Å²) in [6.07, 6.45) is 0. The van der Waals surface area contributed by atoms with E-state index in [9.17, 15) is 8.42 Å². The van der Waals surface area contributed by atoms with Gasteiger partial charge in [0.15, 0.2) is 0 Å². The SMILES string of the molecule is COc1cc(Br)cc(NS(=O)(=O)C(C)CO)c1. The maximum Gasteiger partial charge on any atom is 0.237 e. The molecule has 5 nitrogen and oxygen atoms in total. The molecule has 0 aliphatic carbocycles. The fourth-order valence-electron chi connectivity index (χ4n) is 1.10. The lowest BCUT2D eigenvalue weighted by atomic mass is 10.3. The van der Waals surface area contributed by atoms with Crippen LogP contribution in [0.1, 0.15) is 6.92 Å². The number of benzene rings is 1. The Labute approximate surface area is 109 Å². The number of halogens is 1. The zero-order chi connectivity index (χ0) is 13.1. The van der Waals surface area contributed by atoms with Gasteiger partial charge < -0.3 is 9.84 Å². The van der Waals surface area contributed by atoms with E-state index in [2.05, 4.69) is 20.7 Å². The predicted octanol–water partition coefficient (Wildman–Crippen LogP) is 1.58. The van der Waals surface area contributed by atoms with Crippen LogP contribution in [0.15, 0.2) is 22.7 Å². The summed E-state index contributed by atoms with van der Waals surface area (Å²) in [7, 11) is -2.09. The van der Waals surface area contributed by atoms with Crippen molar-refractivity contribution in [1.29, 1.82) is 0 Å². The van der Waals surface area contributed by atoms with Crippen molar-refractivity contribution >= 4 is 31.6 Å². The molecule has 1 unspecified atom stereocenters. The molecule has 0 aliphatic heterocycles. The number of hydrogen-bond donors (Lipinski definition) is 2. The fourth-order valence-corrected chi connectivity index (χ4v) is 2.42. The first kappa shape index (κ1) is 14.3. The Morgan fingerprint density at radius 2 is 2.12 bits per heavy atom. The maximum atomic E-state index is 11.7. The van der Waals surface area contributed by atoms with Gasteiger partial charge in [-0.1, -0.05) is 15.9 Å². The van der Waals surface area contributed by atoms with Crippen molar-refractivity contribution in [3.63, 3.8) is 0 Å². The van der Waals surface area contributed by atoms with E-state index in [1.807, 2.05) is 0 Å². The number of ether oxygens (including phenoxy) is 1. The van der Waals surface area contributed by atoms with E-state index in [-0.39, 0.29) is 0 Å². The van der Waals surface area contributed by atoms with E-state index in [0.29, 0.717) is 15.9 Å². The van der Waals surface area contributed by atoms with Crippen LogP contribution >= 0.6 is 15.9 Å². The Morgan fingerprint density at radius 1 is 1.47 bits per heavy atom. The Balaban J connectivity index is 2.99. The first-order valence-corrected chi connectivity index (χ1v) is 7.20. The largest absolute Gasteiger partial charge is 0.497 e. The van der Waals surface area contributed by atoms with Gasteiger partial charge in [0.1, 0.15) is 11.0 Å². The van der Waals surface area contributed by atoms with E-state index in [4.69, 9.17) is 9.84 Å². The van der Waals surface area contributed by atoms with Gasteiger partial charge in [0.25, 0.3) is 0 Å². The number of nitrogens with one attached hydrogen (secondary N) is 1. The van der Waals surface area contributed by atoms with Gasteiger partial charge in [-0.25, -0.2) is 8.42 Å². The second-order valence-corrected chi connectivity index (χ2v) is 6.53. The number of rotatable bonds is 5. The third-order valence-electron chi connectivity index (χ3n) is 2.15. The number of aliphatic hydroxyl groups excluding tert-OH is 1. The standard InChI is InChI=1S/C10H14BrNO4S/c1-7(6-13)17(14,15)12-9-3-8(11)4-10(5-9)16-2/h3-5,7,12-13H,6H2,1-2H3. The minimum absolute atomic E-state index is 0.386. The van der Waals surface area contributed by atoms with Crippen molar-refractivity contribution in [3.05, 3.63) is 22.7 Å². The number of hydrogen-bond acceptors (Lipinski definition) is 4. The van der Waals surface area contributed by atoms with Gasteiger partial charge in [0.2, 0.25) is 10.0 Å². The van der Waals surface area contributed by atoms with Crippen LogP contribution in [-0.2, 0) is 10.0 Å². The molecule has 1 atom stereocenters. The van der Waals surface area contributed by atoms with Gasteiger partial charge in [-0.05, 0) is 19.1 Å². The summed E-state index contributed by atoms with van der Waals surface area (Å²) in [5.41, 5.74) is 0.386. The lowest BCUT2D eigenvalue weighted by Gasteiger charge is -2.13. The average molecular weight is 324 g/mol. The van der Waals surface area contributed by atoms with Gasteiger partial charge in [0.05, 0.1) is 19.4 Å². The molecule has 0 radical (unpaired) electrons. The summed E-state index contributed by atoms with van der Waals surface area (Å²) in [5, 5.41) is 7.98. The minimum Gasteiger partial charge on any atom is -0.497 e. The van der Waals surface area contributed by atoms with Gasteiger partial charge in [-0.2, -0.15) is 0 Å². The zero-order valence-electron chi connectivity index (χ0n) is 9.47. The van der Waals surface area contributed by atoms with E-state index in [1.165, 1.54) is 14.0 Å². The zero-order valence-corrected chi connectivity index (χ0v) is 11.9. The molecular formula is C10H14BrNO4S. The molecule has 1 rings (SSSR count). The molecule has 0 fully saturated rings. The monoisotopic (exact) mass is 323 g/mol. The summed E-state index contributed by atoms with van der Waals surface area (Å²) in [6.45, 7) is 0.998. The van der Waals surface area contributed by atoms with Crippen LogP contribution in [0.5, 0.6) is 5.75 Å². The third kappa shape index (κ3) is 3.86. The van der Waals surface area contributed by atoms with Crippen molar-refractivity contribution in [2.24, 2.45) is 0 Å². The van der Waals surface area contributed by atoms with Crippen molar-refractivity contribution in [2.75, 3.05) is 18.4 Å². The molecule has 0 heterocycles. The van der Waals surface area contributed by atoms with Gasteiger partial charge in [0, 0.05) is 10.5 Å². The van der Waals surface area contributed by atoms with Gasteiger partial charge in [-0.15, -0.1) is 0 Å². The van der Waals surface area contributed by atoms with Gasteiger partial charge in [-0.3, -0.25) is 4.72 Å². The Kier molecular flexibility index (Phi) is 4.79. The summed E-state index contributed by atoms with van der Waals surface area (Å²) in [4.78, 5) is 0. The Morgan fingerprint density at radius 3 is 2.65 bits per heavy atom. The topological polar surface area (TPSA) is 75.6 Å². The number of anilines is 1. The highest BCUT2D eigenvalue weighted by atomic mass is 79.9. The number of aliphatic hydroxyl groups is 1. The molecule has 1 aromatic carbocycles. The van der Waals surface area contributed by atoms with E-state index in [0.717, 1.165) is 0 Å². The predicted molar refractivity (Wildman–Crippen MR) is 69.8 cm³/mol. The average Bonchev–Trinajstić information content (AvgIpc) is 2.26. The summed E-state index contributed by atoms with van der Waals surface area (Å²) < 4.78 is 31.5. The number of methoxy groups -OCH3 is 1. The second-order valence-electron chi connectivity index (χ2n) is 3.52. The molecule has 0 aromatic heterocycles. The molecule has 0 aliphatic rings. The lowest BCUT2D eigenvalue weighted by molar-refractivity contribution is 0.296. The first-order valence-electron chi connectivity index (χ1n) is 4.86. The minimum atomic E-state index is -3.58. The Bertz CT molecular complexity index is 489. The van der Waals surface area contributed by atoms with Crippen LogP contribution in [0.2, 0.25) is 0 Å². The van der Waals surface area contributed by atoms with Crippen molar-refractivity contribution in [2.45, 2.75) is 12.2 Å². The molecule has 0 saturated heterocycles. The Hall–Kier alpha value is -0.790. The normalized spacial score (nSPS) is 13.2. The molecule has 0 bridgehead atoms. The van der Waals surface area contributed by atoms with Crippen LogP contribution in [-0.4, -0.2) is 32.5 Å². The molecule has 17 heavy (non-hydrogen) atoms. The van der Waals surface area contributed by atoms with Crippen LogP contribution < -0.4 is 9.46 Å². The fraction of sp³-hybridized carbons (Fsp3) is 0.400. The highest BCUT2D eigenvalue weighted by Gasteiger charge is 2.19. The van der Waals surface area contributed by atoms with Crippen molar-refractivity contribution in [1.82, 2.24) is 0 Å². The third-order valence-corrected chi connectivity index (χ3v) is 4.34. The molecule has 1 aromatic rings. The molecule has 2 N–H and O–H groups in total. The summed E-state index contributed by atoms with van der Waals surface area (Å²) in [6, 6.07) is 4.89. The smallest absolute Gasteiger partial charge is 0.237 e. The molecule has 0 amide bonds. The number of sulfonamides is 1. The van der Waals surface area contributed by atoms with Crippen LogP contribution in [0.25, 0.3) is 0 Å². The molecule has 0 saturated carbocycles. The first-order chi connectivity index (χ1) is 7.89. The van der Waals surface area contributed by atoms with Crippen molar-refractivity contribution in [3.8, 4) is 5.75 Å². The van der Waals surface area contributed by atoms with Crippen molar-refractivity contribution < 1.29 is 18.3 Å². The van der Waals surface area contributed by atoms with Crippen LogP contribution in [0, 0.1) is 0 Å². The maximum absolute atomic E-state index is 11.7. The lowest BCUT2D eigenvalue weighted by Crippen LogP contribution is -2.28.